The molecule has 0 radical (unpaired) electrons. The van der Waals surface area contributed by atoms with E-state index in [0.717, 1.165) is 22.1 Å². The molecule has 0 aromatic heterocycles. The van der Waals surface area contributed by atoms with Crippen molar-refractivity contribution in [2.75, 3.05) is 23.4 Å². The van der Waals surface area contributed by atoms with E-state index in [2.05, 4.69) is 21.2 Å². The van der Waals surface area contributed by atoms with Gasteiger partial charge in [-0.15, -0.1) is 0 Å². The number of amides is 2. The third kappa shape index (κ3) is 4.78. The van der Waals surface area contributed by atoms with Crippen LogP contribution in [0.25, 0.3) is 0 Å². The number of carbonyl (C=O) groups excluding carboxylic acids is 3. The second-order valence-corrected chi connectivity index (χ2v) is 7.46. The van der Waals surface area contributed by atoms with Gasteiger partial charge >= 0.3 is 5.97 Å². The lowest BCUT2D eigenvalue weighted by Gasteiger charge is -2.16. The number of hydrogen-bond acceptors (Lipinski definition) is 4. The molecule has 1 N–H and O–H groups in total. The average molecular weight is 445 g/mol. The quantitative estimate of drug-likeness (QED) is 0.691. The van der Waals surface area contributed by atoms with Crippen molar-refractivity contribution in [1.82, 2.24) is 0 Å². The Labute approximate surface area is 172 Å². The molecule has 1 fully saturated rings. The SMILES string of the molecule is CCc1ccccc1NC(=O)COC(=O)[C@H]1CC(=O)N(c2ccc(Br)cc2)C1. The van der Waals surface area contributed by atoms with Crippen LogP contribution in [0.4, 0.5) is 11.4 Å². The van der Waals surface area contributed by atoms with E-state index in [1.165, 1.54) is 0 Å². The van der Waals surface area contributed by atoms with Crippen molar-refractivity contribution in [3.8, 4) is 0 Å². The molecule has 28 heavy (non-hydrogen) atoms. The fourth-order valence-corrected chi connectivity index (χ4v) is 3.39. The minimum atomic E-state index is -0.577. The highest BCUT2D eigenvalue weighted by molar-refractivity contribution is 9.10. The van der Waals surface area contributed by atoms with Crippen molar-refractivity contribution in [2.24, 2.45) is 5.92 Å². The fraction of sp³-hybridized carbons (Fsp3) is 0.286. The minimum absolute atomic E-state index is 0.0786. The van der Waals surface area contributed by atoms with E-state index in [-0.39, 0.29) is 25.5 Å². The van der Waals surface area contributed by atoms with Gasteiger partial charge in [0.1, 0.15) is 0 Å². The zero-order valence-corrected chi connectivity index (χ0v) is 17.1. The van der Waals surface area contributed by atoms with Crippen molar-refractivity contribution >= 4 is 45.1 Å². The van der Waals surface area contributed by atoms with Crippen molar-refractivity contribution in [2.45, 2.75) is 19.8 Å². The second-order valence-electron chi connectivity index (χ2n) is 6.55. The highest BCUT2D eigenvalue weighted by atomic mass is 79.9. The molecule has 0 unspecified atom stereocenters. The van der Waals surface area contributed by atoms with Gasteiger partial charge in [0.15, 0.2) is 6.61 Å². The lowest BCUT2D eigenvalue weighted by molar-refractivity contribution is -0.151. The summed E-state index contributed by atoms with van der Waals surface area (Å²) in [5, 5.41) is 2.76. The lowest BCUT2D eigenvalue weighted by Crippen LogP contribution is -2.28. The van der Waals surface area contributed by atoms with Crippen LogP contribution in [0.15, 0.2) is 53.0 Å². The number of carbonyl (C=O) groups is 3. The highest BCUT2D eigenvalue weighted by Crippen LogP contribution is 2.27. The number of para-hydroxylation sites is 1. The number of nitrogens with one attached hydrogen (secondary N) is 1. The Hall–Kier alpha value is -2.67. The number of anilines is 2. The molecule has 1 aliphatic rings. The van der Waals surface area contributed by atoms with Gasteiger partial charge in [0.05, 0.1) is 5.92 Å². The molecular weight excluding hydrogens is 424 g/mol. The molecule has 2 aromatic rings. The van der Waals surface area contributed by atoms with E-state index >= 15 is 0 Å². The summed E-state index contributed by atoms with van der Waals surface area (Å²) in [6.07, 6.45) is 0.863. The summed E-state index contributed by atoms with van der Waals surface area (Å²) < 4.78 is 6.06. The molecule has 2 aromatic carbocycles. The number of benzene rings is 2. The van der Waals surface area contributed by atoms with E-state index < -0.39 is 17.8 Å². The first-order chi connectivity index (χ1) is 13.5. The summed E-state index contributed by atoms with van der Waals surface area (Å²) in [5.74, 6) is -1.65. The molecule has 0 saturated carbocycles. The summed E-state index contributed by atoms with van der Waals surface area (Å²) in [7, 11) is 0. The van der Waals surface area contributed by atoms with Crippen molar-refractivity contribution in [1.29, 1.82) is 0 Å². The van der Waals surface area contributed by atoms with Crippen LogP contribution in [0.3, 0.4) is 0 Å². The summed E-state index contributed by atoms with van der Waals surface area (Å²) >= 11 is 3.36. The first-order valence-electron chi connectivity index (χ1n) is 9.08. The molecule has 2 amide bonds. The van der Waals surface area contributed by atoms with Crippen LogP contribution in [0, 0.1) is 5.92 Å². The van der Waals surface area contributed by atoms with Crippen LogP contribution in [-0.2, 0) is 25.5 Å². The van der Waals surface area contributed by atoms with E-state index in [1.807, 2.05) is 55.5 Å². The van der Waals surface area contributed by atoms with Crippen LogP contribution in [0.2, 0.25) is 0 Å². The first kappa shape index (κ1) is 20.1. The standard InChI is InChI=1S/C21H21BrN2O4/c1-2-14-5-3-4-6-18(14)23-19(25)13-28-21(27)15-11-20(26)24(12-15)17-9-7-16(22)8-10-17/h3-10,15H,2,11-13H2,1H3,(H,23,25)/t15-/m0/s1. The van der Waals surface area contributed by atoms with E-state index in [4.69, 9.17) is 4.74 Å². The largest absolute Gasteiger partial charge is 0.455 e. The lowest BCUT2D eigenvalue weighted by atomic mass is 10.1. The number of halogens is 1. The minimum Gasteiger partial charge on any atom is -0.455 e. The van der Waals surface area contributed by atoms with Gasteiger partial charge in [0.25, 0.3) is 5.91 Å². The van der Waals surface area contributed by atoms with Gasteiger partial charge in [-0.3, -0.25) is 14.4 Å². The van der Waals surface area contributed by atoms with Gasteiger partial charge < -0.3 is 15.0 Å². The van der Waals surface area contributed by atoms with Crippen molar-refractivity contribution < 1.29 is 19.1 Å². The van der Waals surface area contributed by atoms with Crippen LogP contribution in [0.1, 0.15) is 18.9 Å². The number of hydrogen-bond donors (Lipinski definition) is 1. The second kappa shape index (κ2) is 9.01. The molecule has 3 rings (SSSR count). The van der Waals surface area contributed by atoms with Crippen LogP contribution in [0.5, 0.6) is 0 Å². The van der Waals surface area contributed by atoms with Gasteiger partial charge in [-0.05, 0) is 42.3 Å². The maximum Gasteiger partial charge on any atom is 0.311 e. The molecule has 0 bridgehead atoms. The third-order valence-corrected chi connectivity index (χ3v) is 5.14. The summed E-state index contributed by atoms with van der Waals surface area (Å²) in [6, 6.07) is 14.8. The smallest absolute Gasteiger partial charge is 0.311 e. The maximum absolute atomic E-state index is 12.3. The van der Waals surface area contributed by atoms with Gasteiger partial charge in [-0.1, -0.05) is 41.1 Å². The first-order valence-corrected chi connectivity index (χ1v) is 9.87. The van der Waals surface area contributed by atoms with E-state index in [1.54, 1.807) is 4.90 Å². The number of nitrogens with zero attached hydrogens (tertiary/aromatic N) is 1. The maximum atomic E-state index is 12.3. The average Bonchev–Trinajstić information content (AvgIpc) is 3.09. The summed E-state index contributed by atoms with van der Waals surface area (Å²) in [4.78, 5) is 38.2. The number of rotatable bonds is 6. The van der Waals surface area contributed by atoms with Crippen molar-refractivity contribution in [3.05, 3.63) is 58.6 Å². The monoisotopic (exact) mass is 444 g/mol. The Balaban J connectivity index is 1.53. The van der Waals surface area contributed by atoms with Gasteiger partial charge in [0.2, 0.25) is 5.91 Å². The topological polar surface area (TPSA) is 75.7 Å². The predicted octanol–water partition coefficient (Wildman–Crippen LogP) is 3.55. The number of ether oxygens (including phenoxy) is 1. The molecule has 146 valence electrons. The molecule has 1 atom stereocenters. The Morgan fingerprint density at radius 1 is 1.18 bits per heavy atom. The molecule has 7 heteroatoms. The van der Waals surface area contributed by atoms with Gasteiger partial charge in [-0.25, -0.2) is 0 Å². The Morgan fingerprint density at radius 3 is 2.61 bits per heavy atom. The zero-order chi connectivity index (χ0) is 20.1. The number of aryl methyl sites for hydroxylation is 1. The normalized spacial score (nSPS) is 16.1. The highest BCUT2D eigenvalue weighted by Gasteiger charge is 2.36. The molecular formula is C21H21BrN2O4. The number of esters is 1. The van der Waals surface area contributed by atoms with E-state index in [9.17, 15) is 14.4 Å². The Kier molecular flexibility index (Phi) is 6.46. The molecule has 0 spiro atoms. The molecule has 1 heterocycles. The van der Waals surface area contributed by atoms with Crippen LogP contribution >= 0.6 is 15.9 Å². The van der Waals surface area contributed by atoms with Crippen LogP contribution in [-0.4, -0.2) is 30.9 Å². The molecule has 1 aliphatic heterocycles. The molecule has 6 nitrogen and oxygen atoms in total. The van der Waals surface area contributed by atoms with Gasteiger partial charge in [0, 0.05) is 28.8 Å². The van der Waals surface area contributed by atoms with E-state index in [0.29, 0.717) is 5.69 Å². The molecule has 0 aliphatic carbocycles. The Bertz CT molecular complexity index is 882. The van der Waals surface area contributed by atoms with Crippen LogP contribution < -0.4 is 10.2 Å². The van der Waals surface area contributed by atoms with Crippen molar-refractivity contribution in [3.63, 3.8) is 0 Å². The zero-order valence-electron chi connectivity index (χ0n) is 15.5. The summed E-state index contributed by atoms with van der Waals surface area (Å²) in [6.45, 7) is 1.87. The third-order valence-electron chi connectivity index (χ3n) is 4.61. The Morgan fingerprint density at radius 2 is 1.89 bits per heavy atom. The molecule has 1 saturated heterocycles. The predicted molar refractivity (Wildman–Crippen MR) is 110 cm³/mol. The fourth-order valence-electron chi connectivity index (χ4n) is 3.13. The van der Waals surface area contributed by atoms with Gasteiger partial charge in [-0.2, -0.15) is 0 Å². The summed E-state index contributed by atoms with van der Waals surface area (Å²) in [5.41, 5.74) is 2.45.